The van der Waals surface area contributed by atoms with E-state index in [1.807, 2.05) is 28.8 Å². The number of hydrogen-bond donors (Lipinski definition) is 1. The fraction of sp³-hybridized carbons (Fsp3) is 0.263. The topological polar surface area (TPSA) is 59.5 Å². The molecular formula is C19H18ClN3O2. The Morgan fingerprint density at radius 3 is 3.04 bits per heavy atom. The number of rotatable bonds is 5. The van der Waals surface area contributed by atoms with Crippen molar-refractivity contribution in [3.8, 4) is 0 Å². The van der Waals surface area contributed by atoms with Crippen LogP contribution in [0, 0.1) is 5.92 Å². The predicted molar refractivity (Wildman–Crippen MR) is 96.3 cm³/mol. The molecule has 3 heterocycles. The maximum atomic E-state index is 12.0. The summed E-state index contributed by atoms with van der Waals surface area (Å²) in [6, 6.07) is 7.52. The summed E-state index contributed by atoms with van der Waals surface area (Å²) in [4.78, 5) is 16.4. The van der Waals surface area contributed by atoms with Crippen LogP contribution in [0.15, 0.2) is 47.2 Å². The van der Waals surface area contributed by atoms with Crippen LogP contribution in [0.1, 0.15) is 36.5 Å². The maximum Gasteiger partial charge on any atom is 0.244 e. The van der Waals surface area contributed by atoms with Crippen LogP contribution in [0.25, 0.3) is 11.7 Å². The minimum atomic E-state index is -0.187. The van der Waals surface area contributed by atoms with Gasteiger partial charge in [0.1, 0.15) is 17.2 Å². The van der Waals surface area contributed by atoms with Crippen molar-refractivity contribution in [2.75, 3.05) is 0 Å². The molecular weight excluding hydrogens is 338 g/mol. The molecule has 2 unspecified atom stereocenters. The number of hydrogen-bond acceptors (Lipinski definition) is 3. The summed E-state index contributed by atoms with van der Waals surface area (Å²) in [6.07, 6.45) is 7.98. The van der Waals surface area contributed by atoms with E-state index in [2.05, 4.69) is 17.2 Å². The minimum Gasteiger partial charge on any atom is -0.461 e. The molecule has 4 rings (SSSR count). The summed E-state index contributed by atoms with van der Waals surface area (Å²) in [6.45, 7) is 2.56. The molecule has 1 N–H and O–H groups in total. The van der Waals surface area contributed by atoms with Crippen LogP contribution in [0.2, 0.25) is 5.02 Å². The highest BCUT2D eigenvalue weighted by atomic mass is 35.5. The normalized spacial score (nSPS) is 19.6. The van der Waals surface area contributed by atoms with Crippen molar-refractivity contribution < 1.29 is 9.21 Å². The van der Waals surface area contributed by atoms with Gasteiger partial charge in [0.15, 0.2) is 0 Å². The van der Waals surface area contributed by atoms with Crippen LogP contribution in [0.3, 0.4) is 0 Å². The van der Waals surface area contributed by atoms with Crippen LogP contribution in [0.5, 0.6) is 0 Å². The van der Waals surface area contributed by atoms with Gasteiger partial charge in [-0.3, -0.25) is 4.79 Å². The van der Waals surface area contributed by atoms with E-state index in [0.717, 1.165) is 17.1 Å². The fourth-order valence-corrected chi connectivity index (χ4v) is 3.04. The van der Waals surface area contributed by atoms with Gasteiger partial charge in [0.25, 0.3) is 0 Å². The second-order valence-corrected chi connectivity index (χ2v) is 6.89. The summed E-state index contributed by atoms with van der Waals surface area (Å²) in [5.41, 5.74) is 1.56. The van der Waals surface area contributed by atoms with Gasteiger partial charge >= 0.3 is 0 Å². The third-order valence-electron chi connectivity index (χ3n) is 4.43. The minimum absolute atomic E-state index is 0.187. The largest absolute Gasteiger partial charge is 0.461 e. The van der Waals surface area contributed by atoms with E-state index in [9.17, 15) is 4.79 Å². The second kappa shape index (κ2) is 6.41. The van der Waals surface area contributed by atoms with Gasteiger partial charge in [-0.25, -0.2) is 4.98 Å². The van der Waals surface area contributed by atoms with Crippen LogP contribution < -0.4 is 5.32 Å². The first kappa shape index (κ1) is 16.0. The number of aromatic nitrogens is 2. The van der Waals surface area contributed by atoms with Gasteiger partial charge < -0.3 is 14.1 Å². The molecule has 0 spiro atoms. The lowest BCUT2D eigenvalue weighted by molar-refractivity contribution is -0.116. The van der Waals surface area contributed by atoms with Crippen molar-refractivity contribution in [2.45, 2.75) is 25.8 Å². The second-order valence-electron chi connectivity index (χ2n) is 6.46. The van der Waals surface area contributed by atoms with Gasteiger partial charge in [0.2, 0.25) is 5.91 Å². The molecule has 3 aromatic rings. The third kappa shape index (κ3) is 3.61. The first-order valence-corrected chi connectivity index (χ1v) is 8.65. The zero-order valence-corrected chi connectivity index (χ0v) is 14.5. The van der Waals surface area contributed by atoms with Crippen molar-refractivity contribution >= 4 is 29.2 Å². The Hall–Kier alpha value is -2.53. The molecule has 1 fully saturated rings. The highest BCUT2D eigenvalue weighted by molar-refractivity contribution is 6.30. The number of nitrogens with zero attached hydrogens (tertiary/aromatic N) is 2. The molecule has 128 valence electrons. The van der Waals surface area contributed by atoms with Crippen molar-refractivity contribution in [1.82, 2.24) is 14.7 Å². The molecule has 1 amide bonds. The number of furan rings is 1. The number of carbonyl (C=O) groups excluding carboxylic acids is 1. The number of pyridine rings is 1. The first-order chi connectivity index (χ1) is 12.1. The van der Waals surface area contributed by atoms with Gasteiger partial charge in [-0.15, -0.1) is 0 Å². The van der Waals surface area contributed by atoms with E-state index in [1.54, 1.807) is 18.3 Å². The summed E-state index contributed by atoms with van der Waals surface area (Å²) in [7, 11) is 0. The number of carbonyl (C=O) groups is 1. The fourth-order valence-electron chi connectivity index (χ4n) is 2.87. The average molecular weight is 356 g/mol. The predicted octanol–water partition coefficient (Wildman–Crippen LogP) is 4.03. The van der Waals surface area contributed by atoms with E-state index < -0.39 is 0 Å². The quantitative estimate of drug-likeness (QED) is 0.703. The van der Waals surface area contributed by atoms with Crippen LogP contribution >= 0.6 is 11.6 Å². The van der Waals surface area contributed by atoms with E-state index in [-0.39, 0.29) is 5.91 Å². The Morgan fingerprint density at radius 1 is 1.40 bits per heavy atom. The monoisotopic (exact) mass is 355 g/mol. The Balaban J connectivity index is 1.34. The van der Waals surface area contributed by atoms with Crippen LogP contribution in [-0.2, 0) is 11.3 Å². The SMILES string of the molecule is CC1CC1c1ccc(C=CC(=O)NCc2cn3cc(Cl)ccc3n2)o1. The molecule has 1 aliphatic rings. The Bertz CT molecular complexity index is 957. The third-order valence-corrected chi connectivity index (χ3v) is 4.65. The van der Waals surface area contributed by atoms with Crippen molar-refractivity contribution in [1.29, 1.82) is 0 Å². The molecule has 0 aliphatic heterocycles. The Morgan fingerprint density at radius 2 is 2.24 bits per heavy atom. The summed E-state index contributed by atoms with van der Waals surface area (Å²) >= 11 is 5.95. The number of nitrogens with one attached hydrogen (secondary N) is 1. The molecule has 0 radical (unpaired) electrons. The lowest BCUT2D eigenvalue weighted by Crippen LogP contribution is -2.20. The van der Waals surface area contributed by atoms with Gasteiger partial charge in [0.05, 0.1) is 17.3 Å². The molecule has 0 aromatic carbocycles. The molecule has 25 heavy (non-hydrogen) atoms. The molecule has 2 atom stereocenters. The summed E-state index contributed by atoms with van der Waals surface area (Å²) < 4.78 is 7.58. The van der Waals surface area contributed by atoms with E-state index in [4.69, 9.17) is 16.0 Å². The highest BCUT2D eigenvalue weighted by Gasteiger charge is 2.36. The molecule has 1 aliphatic carbocycles. The highest BCUT2D eigenvalue weighted by Crippen LogP contribution is 2.47. The zero-order chi connectivity index (χ0) is 17.4. The summed E-state index contributed by atoms with van der Waals surface area (Å²) in [5, 5.41) is 3.46. The Labute approximate surface area is 150 Å². The Kier molecular flexibility index (Phi) is 4.09. The van der Waals surface area contributed by atoms with Crippen LogP contribution in [-0.4, -0.2) is 15.3 Å². The zero-order valence-electron chi connectivity index (χ0n) is 13.8. The molecule has 6 heteroatoms. The first-order valence-electron chi connectivity index (χ1n) is 8.27. The molecule has 0 saturated heterocycles. The van der Waals surface area contributed by atoms with E-state index >= 15 is 0 Å². The molecule has 1 saturated carbocycles. The van der Waals surface area contributed by atoms with E-state index in [0.29, 0.717) is 29.2 Å². The number of halogens is 1. The standard InChI is InChI=1S/C19H18ClN3O2/c1-12-8-16(12)17-5-3-15(25-17)4-7-19(24)21-9-14-11-23-10-13(20)2-6-18(23)22-14/h2-7,10-12,16H,8-9H2,1H3,(H,21,24). The number of fused-ring (bicyclic) bond motifs is 1. The van der Waals surface area contributed by atoms with Crippen molar-refractivity contribution in [2.24, 2.45) is 5.92 Å². The van der Waals surface area contributed by atoms with Crippen molar-refractivity contribution in [3.05, 3.63) is 65.0 Å². The summed E-state index contributed by atoms with van der Waals surface area (Å²) in [5.74, 6) is 2.77. The lowest BCUT2D eigenvalue weighted by atomic mass is 10.3. The van der Waals surface area contributed by atoms with Crippen LogP contribution in [0.4, 0.5) is 0 Å². The smallest absolute Gasteiger partial charge is 0.244 e. The van der Waals surface area contributed by atoms with Crippen molar-refractivity contribution in [3.63, 3.8) is 0 Å². The average Bonchev–Trinajstić information content (AvgIpc) is 3.01. The number of imidazole rings is 1. The maximum absolute atomic E-state index is 12.0. The lowest BCUT2D eigenvalue weighted by Gasteiger charge is -1.97. The molecule has 5 nitrogen and oxygen atoms in total. The molecule has 3 aromatic heterocycles. The van der Waals surface area contributed by atoms with Gasteiger partial charge in [-0.1, -0.05) is 18.5 Å². The van der Waals surface area contributed by atoms with E-state index in [1.165, 1.54) is 12.5 Å². The molecule has 0 bridgehead atoms. The van der Waals surface area contributed by atoms with Gasteiger partial charge in [-0.2, -0.15) is 0 Å². The van der Waals surface area contributed by atoms with Gasteiger partial charge in [-0.05, 0) is 42.7 Å². The number of amides is 1. The van der Waals surface area contributed by atoms with Gasteiger partial charge in [0, 0.05) is 24.4 Å².